The first-order chi connectivity index (χ1) is 8.01. The summed E-state index contributed by atoms with van der Waals surface area (Å²) in [4.78, 5) is 0. The van der Waals surface area contributed by atoms with Gasteiger partial charge in [-0.15, -0.1) is 0 Å². The molecule has 4 heteroatoms. The topological polar surface area (TPSA) is 35.8 Å². The molecule has 2 unspecified atom stereocenters. The Hall–Kier alpha value is -1.47. The molecule has 2 nitrogen and oxygen atoms in total. The number of rotatable bonds is 4. The highest BCUT2D eigenvalue weighted by Crippen LogP contribution is 2.29. The van der Waals surface area contributed by atoms with Gasteiger partial charge in [0.05, 0.1) is 18.0 Å². The Labute approximate surface area is 100 Å². The van der Waals surface area contributed by atoms with Crippen molar-refractivity contribution in [1.29, 1.82) is 5.26 Å². The van der Waals surface area contributed by atoms with E-state index in [0.717, 1.165) is 6.07 Å². The maximum Gasteiger partial charge on any atom is 0.130 e. The van der Waals surface area contributed by atoms with E-state index in [0.29, 0.717) is 5.56 Å². The maximum atomic E-state index is 13.7. The van der Waals surface area contributed by atoms with E-state index in [-0.39, 0.29) is 11.8 Å². The van der Waals surface area contributed by atoms with E-state index in [1.807, 2.05) is 13.8 Å². The highest BCUT2D eigenvalue weighted by molar-refractivity contribution is 5.24. The minimum absolute atomic E-state index is 0.0851. The van der Waals surface area contributed by atoms with Gasteiger partial charge in [0.25, 0.3) is 0 Å². The van der Waals surface area contributed by atoms with Crippen molar-refractivity contribution >= 4 is 0 Å². The van der Waals surface area contributed by atoms with E-state index < -0.39 is 17.7 Å². The van der Waals surface area contributed by atoms with Crippen LogP contribution in [0.3, 0.4) is 0 Å². The zero-order chi connectivity index (χ0) is 13.0. The molecule has 1 N–H and O–H groups in total. The molecule has 0 saturated heterocycles. The monoisotopic (exact) mass is 238 g/mol. The number of nitrogens with one attached hydrogen (secondary N) is 1. The predicted octanol–water partition coefficient (Wildman–Crippen LogP) is 3.02. The molecule has 0 radical (unpaired) electrons. The number of hydrogen-bond donors (Lipinski definition) is 1. The van der Waals surface area contributed by atoms with E-state index in [4.69, 9.17) is 5.26 Å². The van der Waals surface area contributed by atoms with Crippen LogP contribution in [0.2, 0.25) is 0 Å². The third kappa shape index (κ3) is 3.01. The Morgan fingerprint density at radius 1 is 1.29 bits per heavy atom. The van der Waals surface area contributed by atoms with Gasteiger partial charge in [-0.2, -0.15) is 5.26 Å². The molecular weight excluding hydrogens is 222 g/mol. The van der Waals surface area contributed by atoms with Gasteiger partial charge in [-0.3, -0.25) is 0 Å². The third-order valence-electron chi connectivity index (χ3n) is 2.83. The van der Waals surface area contributed by atoms with Gasteiger partial charge in [0, 0.05) is 11.6 Å². The number of halogens is 2. The van der Waals surface area contributed by atoms with E-state index >= 15 is 0 Å². The number of nitriles is 1. The van der Waals surface area contributed by atoms with Crippen molar-refractivity contribution in [2.45, 2.75) is 19.9 Å². The molecule has 0 amide bonds. The van der Waals surface area contributed by atoms with Crippen LogP contribution in [-0.4, -0.2) is 7.05 Å². The van der Waals surface area contributed by atoms with E-state index in [1.54, 1.807) is 7.05 Å². The zero-order valence-electron chi connectivity index (χ0n) is 10.2. The summed E-state index contributed by atoms with van der Waals surface area (Å²) >= 11 is 0. The molecule has 92 valence electrons. The molecule has 0 spiro atoms. The minimum atomic E-state index is -0.620. The second-order valence-corrected chi connectivity index (χ2v) is 4.33. The zero-order valence-corrected chi connectivity index (χ0v) is 10.2. The van der Waals surface area contributed by atoms with Gasteiger partial charge >= 0.3 is 0 Å². The minimum Gasteiger partial charge on any atom is -0.312 e. The average Bonchev–Trinajstić information content (AvgIpc) is 2.26. The number of benzene rings is 1. The molecule has 0 aromatic heterocycles. The summed E-state index contributed by atoms with van der Waals surface area (Å²) in [5.74, 6) is -1.51. The predicted molar refractivity (Wildman–Crippen MR) is 62.1 cm³/mol. The molecule has 0 fully saturated rings. The standard InChI is InChI=1S/C13H16F2N2/c1-8(2)11(7-16)13(17-3)10-5-4-9(14)6-12(10)15/h4-6,8,11,13,17H,1-3H3. The molecule has 17 heavy (non-hydrogen) atoms. The summed E-state index contributed by atoms with van der Waals surface area (Å²) in [5.41, 5.74) is 0.328. The Kier molecular flexibility index (Phi) is 4.59. The first kappa shape index (κ1) is 13.6. The quantitative estimate of drug-likeness (QED) is 0.875. The van der Waals surface area contributed by atoms with Crippen molar-refractivity contribution < 1.29 is 8.78 Å². The number of nitrogens with zero attached hydrogens (tertiary/aromatic N) is 1. The van der Waals surface area contributed by atoms with Crippen LogP contribution < -0.4 is 5.32 Å². The third-order valence-corrected chi connectivity index (χ3v) is 2.83. The van der Waals surface area contributed by atoms with Crippen molar-refractivity contribution in [1.82, 2.24) is 5.32 Å². The van der Waals surface area contributed by atoms with Crippen LogP contribution >= 0.6 is 0 Å². The molecule has 0 heterocycles. The molecule has 1 rings (SSSR count). The summed E-state index contributed by atoms with van der Waals surface area (Å²) < 4.78 is 26.5. The number of hydrogen-bond acceptors (Lipinski definition) is 2. The van der Waals surface area contributed by atoms with Crippen molar-refractivity contribution in [3.63, 3.8) is 0 Å². The van der Waals surface area contributed by atoms with Crippen molar-refractivity contribution in [3.05, 3.63) is 35.4 Å². The fourth-order valence-corrected chi connectivity index (χ4v) is 1.89. The van der Waals surface area contributed by atoms with Crippen LogP contribution in [0.4, 0.5) is 8.78 Å². The Morgan fingerprint density at radius 2 is 1.94 bits per heavy atom. The van der Waals surface area contributed by atoms with E-state index in [1.165, 1.54) is 12.1 Å². The van der Waals surface area contributed by atoms with Crippen LogP contribution in [0.15, 0.2) is 18.2 Å². The second kappa shape index (κ2) is 5.74. The summed E-state index contributed by atoms with van der Waals surface area (Å²) in [6, 6.07) is 5.17. The SMILES string of the molecule is CNC(c1ccc(F)cc1F)C(C#N)C(C)C. The Bertz CT molecular complexity index is 424. The van der Waals surface area contributed by atoms with Crippen LogP contribution in [0.5, 0.6) is 0 Å². The highest BCUT2D eigenvalue weighted by atomic mass is 19.1. The fourth-order valence-electron chi connectivity index (χ4n) is 1.89. The molecule has 0 aliphatic rings. The first-order valence-electron chi connectivity index (χ1n) is 5.53. The summed E-state index contributed by atoms with van der Waals surface area (Å²) in [6.07, 6.45) is 0. The lowest BCUT2D eigenvalue weighted by molar-refractivity contribution is 0.353. The normalized spacial score (nSPS) is 14.4. The Balaban J connectivity index is 3.13. The maximum absolute atomic E-state index is 13.7. The van der Waals surface area contributed by atoms with Crippen molar-refractivity contribution in [2.75, 3.05) is 7.05 Å². The van der Waals surface area contributed by atoms with E-state index in [9.17, 15) is 8.78 Å². The lowest BCUT2D eigenvalue weighted by Gasteiger charge is -2.25. The average molecular weight is 238 g/mol. The van der Waals surface area contributed by atoms with Crippen LogP contribution in [-0.2, 0) is 0 Å². The van der Waals surface area contributed by atoms with Gasteiger partial charge < -0.3 is 5.32 Å². The van der Waals surface area contributed by atoms with Crippen LogP contribution in [0, 0.1) is 34.8 Å². The lowest BCUT2D eigenvalue weighted by atomic mass is 9.85. The molecular formula is C13H16F2N2. The molecule has 0 saturated carbocycles. The molecule has 0 aliphatic heterocycles. The fraction of sp³-hybridized carbons (Fsp3) is 0.462. The second-order valence-electron chi connectivity index (χ2n) is 4.33. The van der Waals surface area contributed by atoms with Crippen molar-refractivity contribution in [3.8, 4) is 6.07 Å². The summed E-state index contributed by atoms with van der Waals surface area (Å²) in [5, 5.41) is 12.0. The van der Waals surface area contributed by atoms with Crippen LogP contribution in [0.25, 0.3) is 0 Å². The van der Waals surface area contributed by atoms with Gasteiger partial charge in [0.15, 0.2) is 0 Å². The van der Waals surface area contributed by atoms with Gasteiger partial charge in [-0.25, -0.2) is 8.78 Å². The van der Waals surface area contributed by atoms with Gasteiger partial charge in [-0.1, -0.05) is 19.9 Å². The smallest absolute Gasteiger partial charge is 0.130 e. The molecule has 1 aromatic carbocycles. The Morgan fingerprint density at radius 3 is 2.35 bits per heavy atom. The van der Waals surface area contributed by atoms with E-state index in [2.05, 4.69) is 11.4 Å². The first-order valence-corrected chi connectivity index (χ1v) is 5.53. The largest absolute Gasteiger partial charge is 0.312 e. The van der Waals surface area contributed by atoms with Gasteiger partial charge in [-0.05, 0) is 19.0 Å². The summed E-state index contributed by atoms with van der Waals surface area (Å²) in [7, 11) is 1.67. The highest BCUT2D eigenvalue weighted by Gasteiger charge is 2.26. The van der Waals surface area contributed by atoms with Gasteiger partial charge in [0.2, 0.25) is 0 Å². The molecule has 0 aliphatic carbocycles. The molecule has 2 atom stereocenters. The molecule has 1 aromatic rings. The van der Waals surface area contributed by atoms with Crippen molar-refractivity contribution in [2.24, 2.45) is 11.8 Å². The van der Waals surface area contributed by atoms with Crippen LogP contribution in [0.1, 0.15) is 25.5 Å². The summed E-state index contributed by atoms with van der Waals surface area (Å²) in [6.45, 7) is 3.80. The molecule has 0 bridgehead atoms. The lowest BCUT2D eigenvalue weighted by Crippen LogP contribution is -2.28. The van der Waals surface area contributed by atoms with Gasteiger partial charge in [0.1, 0.15) is 11.6 Å².